The fourth-order valence-corrected chi connectivity index (χ4v) is 1.82. The van der Waals surface area contributed by atoms with Crippen molar-refractivity contribution in [3.05, 3.63) is 0 Å². The molecule has 0 aromatic rings. The van der Waals surface area contributed by atoms with Gasteiger partial charge in [-0.05, 0) is 20.8 Å². The maximum absolute atomic E-state index is 8.98. The molecule has 0 aromatic carbocycles. The quantitative estimate of drug-likeness (QED) is 0.647. The van der Waals surface area contributed by atoms with Gasteiger partial charge >= 0.3 is 0 Å². The van der Waals surface area contributed by atoms with E-state index < -0.39 is 0 Å². The van der Waals surface area contributed by atoms with Gasteiger partial charge in [-0.25, -0.2) is 0 Å². The molecule has 0 bridgehead atoms. The number of hydrogen-bond donors (Lipinski definition) is 2. The Hall–Kier alpha value is -0.120. The lowest BCUT2D eigenvalue weighted by Crippen LogP contribution is -2.37. The Morgan fingerprint density at radius 3 is 2.50 bits per heavy atom. The van der Waals surface area contributed by atoms with Crippen molar-refractivity contribution in [2.75, 3.05) is 6.61 Å². The maximum Gasteiger partial charge on any atom is 0.114 e. The molecule has 3 heteroatoms. The minimum atomic E-state index is -0.243. The minimum Gasteiger partial charge on any atom is -0.396 e. The number of nitrogens with one attached hydrogen (secondary N) is 1. The fraction of sp³-hybridized carbons (Fsp3) is 1.00. The lowest BCUT2D eigenvalue weighted by Gasteiger charge is -2.21. The number of aliphatic hydroxyl groups is 1. The van der Waals surface area contributed by atoms with Crippen molar-refractivity contribution in [2.24, 2.45) is 5.92 Å². The molecule has 3 nitrogen and oxygen atoms in total. The summed E-state index contributed by atoms with van der Waals surface area (Å²) < 4.78 is 5.74. The van der Waals surface area contributed by atoms with Crippen LogP contribution in [0.1, 0.15) is 27.7 Å². The molecule has 2 N–H and O–H groups in total. The zero-order valence-electron chi connectivity index (χ0n) is 8.29. The van der Waals surface area contributed by atoms with Crippen molar-refractivity contribution in [3.63, 3.8) is 0 Å². The van der Waals surface area contributed by atoms with Crippen LogP contribution in [0, 0.1) is 5.92 Å². The van der Waals surface area contributed by atoms with Crippen LogP contribution in [0.4, 0.5) is 0 Å². The Balaban J connectivity index is 2.57. The molecule has 1 rings (SSSR count). The highest BCUT2D eigenvalue weighted by Gasteiger charge is 2.39. The van der Waals surface area contributed by atoms with E-state index >= 15 is 0 Å². The summed E-state index contributed by atoms with van der Waals surface area (Å²) in [5, 5.41) is 12.3. The number of rotatable bonds is 2. The van der Waals surface area contributed by atoms with Gasteiger partial charge in [-0.2, -0.15) is 0 Å². The van der Waals surface area contributed by atoms with Gasteiger partial charge in [0, 0.05) is 18.6 Å². The van der Waals surface area contributed by atoms with E-state index in [4.69, 9.17) is 9.84 Å². The summed E-state index contributed by atoms with van der Waals surface area (Å²) in [6.45, 7) is 8.30. The molecule has 0 saturated carbocycles. The standard InChI is InChI=1S/C9H19NO2/c1-6(5-11)8-7(2)10-9(3,4)12-8/h6-8,10-11H,5H2,1-4H3. The van der Waals surface area contributed by atoms with Gasteiger partial charge in [0.25, 0.3) is 0 Å². The highest BCUT2D eigenvalue weighted by molar-refractivity contribution is 4.89. The summed E-state index contributed by atoms with van der Waals surface area (Å²) in [6.07, 6.45) is 0.130. The lowest BCUT2D eigenvalue weighted by atomic mass is 10.0. The fourth-order valence-electron chi connectivity index (χ4n) is 1.82. The average Bonchev–Trinajstić information content (AvgIpc) is 2.23. The van der Waals surface area contributed by atoms with Crippen LogP contribution in [0.5, 0.6) is 0 Å². The van der Waals surface area contributed by atoms with E-state index in [-0.39, 0.29) is 24.4 Å². The van der Waals surface area contributed by atoms with Crippen LogP contribution in [0.25, 0.3) is 0 Å². The predicted octanol–water partition coefficient (Wildman–Crippen LogP) is 0.728. The van der Waals surface area contributed by atoms with E-state index in [0.29, 0.717) is 6.04 Å². The first-order valence-corrected chi connectivity index (χ1v) is 4.52. The molecule has 3 unspecified atom stereocenters. The highest BCUT2D eigenvalue weighted by Crippen LogP contribution is 2.25. The first kappa shape index (κ1) is 9.96. The summed E-state index contributed by atoms with van der Waals surface area (Å²) in [5.74, 6) is 0.203. The van der Waals surface area contributed by atoms with Crippen LogP contribution < -0.4 is 5.32 Å². The number of ether oxygens (including phenoxy) is 1. The van der Waals surface area contributed by atoms with E-state index in [1.807, 2.05) is 20.8 Å². The van der Waals surface area contributed by atoms with E-state index in [0.717, 1.165) is 0 Å². The molecule has 12 heavy (non-hydrogen) atoms. The van der Waals surface area contributed by atoms with E-state index in [9.17, 15) is 0 Å². The molecular weight excluding hydrogens is 154 g/mol. The first-order valence-electron chi connectivity index (χ1n) is 4.52. The molecule has 1 saturated heterocycles. The normalized spacial score (nSPS) is 36.8. The molecule has 1 aliphatic heterocycles. The lowest BCUT2D eigenvalue weighted by molar-refractivity contribution is -0.0537. The third kappa shape index (κ3) is 1.97. The van der Waals surface area contributed by atoms with Gasteiger partial charge in [-0.1, -0.05) is 6.92 Å². The van der Waals surface area contributed by atoms with Crippen molar-refractivity contribution < 1.29 is 9.84 Å². The second-order valence-electron chi connectivity index (χ2n) is 4.19. The molecule has 0 aliphatic carbocycles. The topological polar surface area (TPSA) is 41.5 Å². The van der Waals surface area contributed by atoms with Crippen LogP contribution in [0.3, 0.4) is 0 Å². The molecule has 1 fully saturated rings. The summed E-state index contributed by atoms with van der Waals surface area (Å²) in [4.78, 5) is 0. The summed E-state index contributed by atoms with van der Waals surface area (Å²) in [5.41, 5.74) is -0.243. The SMILES string of the molecule is CC(CO)C1OC(C)(C)NC1C. The Morgan fingerprint density at radius 2 is 2.17 bits per heavy atom. The van der Waals surface area contributed by atoms with Gasteiger partial charge in [0.15, 0.2) is 0 Å². The zero-order valence-corrected chi connectivity index (χ0v) is 8.29. The number of aliphatic hydroxyl groups excluding tert-OH is 1. The van der Waals surface area contributed by atoms with Gasteiger partial charge in [0.1, 0.15) is 5.72 Å². The Labute approximate surface area is 74.1 Å². The molecule has 0 radical (unpaired) electrons. The Bertz CT molecular complexity index is 159. The van der Waals surface area contributed by atoms with Crippen LogP contribution in [-0.2, 0) is 4.74 Å². The van der Waals surface area contributed by atoms with Gasteiger partial charge in [-0.3, -0.25) is 5.32 Å². The van der Waals surface area contributed by atoms with Crippen LogP contribution in [0.2, 0.25) is 0 Å². The summed E-state index contributed by atoms with van der Waals surface area (Å²) in [7, 11) is 0. The van der Waals surface area contributed by atoms with E-state index in [2.05, 4.69) is 12.2 Å². The van der Waals surface area contributed by atoms with Crippen molar-refractivity contribution in [1.29, 1.82) is 0 Å². The highest BCUT2D eigenvalue weighted by atomic mass is 16.5. The molecule has 0 amide bonds. The molecule has 72 valence electrons. The molecule has 1 heterocycles. The minimum absolute atomic E-state index is 0.130. The van der Waals surface area contributed by atoms with Gasteiger partial charge in [-0.15, -0.1) is 0 Å². The van der Waals surface area contributed by atoms with Crippen molar-refractivity contribution in [2.45, 2.75) is 45.6 Å². The van der Waals surface area contributed by atoms with Crippen LogP contribution >= 0.6 is 0 Å². The smallest absolute Gasteiger partial charge is 0.114 e. The van der Waals surface area contributed by atoms with Crippen molar-refractivity contribution in [1.82, 2.24) is 5.32 Å². The van der Waals surface area contributed by atoms with Crippen LogP contribution in [0.15, 0.2) is 0 Å². The largest absolute Gasteiger partial charge is 0.396 e. The monoisotopic (exact) mass is 173 g/mol. The molecule has 3 atom stereocenters. The molecule has 1 aliphatic rings. The molecular formula is C9H19NO2. The van der Waals surface area contributed by atoms with E-state index in [1.165, 1.54) is 0 Å². The maximum atomic E-state index is 8.98. The van der Waals surface area contributed by atoms with E-state index in [1.54, 1.807) is 0 Å². The Kier molecular flexibility index (Phi) is 2.76. The zero-order chi connectivity index (χ0) is 9.35. The van der Waals surface area contributed by atoms with Gasteiger partial charge in [0.2, 0.25) is 0 Å². The van der Waals surface area contributed by atoms with Crippen LogP contribution in [-0.4, -0.2) is 29.6 Å². The van der Waals surface area contributed by atoms with Crippen molar-refractivity contribution in [3.8, 4) is 0 Å². The molecule has 0 spiro atoms. The summed E-state index contributed by atoms with van der Waals surface area (Å²) in [6, 6.07) is 0.321. The van der Waals surface area contributed by atoms with Gasteiger partial charge in [0.05, 0.1) is 6.10 Å². The second-order valence-corrected chi connectivity index (χ2v) is 4.19. The third-order valence-electron chi connectivity index (χ3n) is 2.35. The first-order chi connectivity index (χ1) is 5.46. The predicted molar refractivity (Wildman–Crippen MR) is 47.8 cm³/mol. The third-order valence-corrected chi connectivity index (χ3v) is 2.35. The van der Waals surface area contributed by atoms with Gasteiger partial charge < -0.3 is 9.84 Å². The average molecular weight is 173 g/mol. The second kappa shape index (κ2) is 3.32. The summed E-state index contributed by atoms with van der Waals surface area (Å²) >= 11 is 0. The number of hydrogen-bond acceptors (Lipinski definition) is 3. The molecule has 0 aromatic heterocycles. The Morgan fingerprint density at radius 1 is 1.58 bits per heavy atom. The van der Waals surface area contributed by atoms with Crippen molar-refractivity contribution >= 4 is 0 Å².